The standard InChI is InChI=1S/C25H22FN3O4/c1-2-33-25(32)22-21(14-17(15-28-22)13-16-7-9-18(26)10-8-16)27-11-12-29-23(30)19-5-3-4-6-20(19)24(29)31/h3-10,14-15,27H,2,11-13H2,1H3. The second kappa shape index (κ2) is 9.60. The van der Waals surface area contributed by atoms with Crippen molar-refractivity contribution in [2.24, 2.45) is 0 Å². The minimum atomic E-state index is -0.575. The van der Waals surface area contributed by atoms with Crippen molar-refractivity contribution in [3.05, 3.63) is 94.6 Å². The summed E-state index contributed by atoms with van der Waals surface area (Å²) in [5.41, 5.74) is 3.01. The molecule has 1 aliphatic rings. The first-order valence-corrected chi connectivity index (χ1v) is 10.6. The molecule has 0 spiro atoms. The highest BCUT2D eigenvalue weighted by molar-refractivity contribution is 6.21. The number of pyridine rings is 1. The molecule has 33 heavy (non-hydrogen) atoms. The molecular formula is C25H22FN3O4. The molecule has 0 saturated carbocycles. The molecule has 168 valence electrons. The maximum absolute atomic E-state index is 13.2. The predicted molar refractivity (Wildman–Crippen MR) is 120 cm³/mol. The maximum atomic E-state index is 13.2. The number of benzene rings is 2. The minimum absolute atomic E-state index is 0.113. The van der Waals surface area contributed by atoms with Crippen LogP contribution in [0.5, 0.6) is 0 Å². The fourth-order valence-electron chi connectivity index (χ4n) is 3.68. The van der Waals surface area contributed by atoms with E-state index >= 15 is 0 Å². The largest absolute Gasteiger partial charge is 0.461 e. The number of carbonyl (C=O) groups is 3. The third kappa shape index (κ3) is 4.74. The van der Waals surface area contributed by atoms with E-state index in [1.54, 1.807) is 55.6 Å². The lowest BCUT2D eigenvalue weighted by molar-refractivity contribution is 0.0519. The second-order valence-electron chi connectivity index (χ2n) is 7.50. The topological polar surface area (TPSA) is 88.6 Å². The van der Waals surface area contributed by atoms with Crippen LogP contribution in [0.1, 0.15) is 49.3 Å². The number of halogens is 1. The van der Waals surface area contributed by atoms with Crippen LogP contribution in [0.4, 0.5) is 10.1 Å². The van der Waals surface area contributed by atoms with E-state index < -0.39 is 5.97 Å². The van der Waals surface area contributed by atoms with E-state index in [0.29, 0.717) is 23.2 Å². The Balaban J connectivity index is 1.50. The van der Waals surface area contributed by atoms with Gasteiger partial charge in [0.2, 0.25) is 0 Å². The molecule has 0 atom stereocenters. The summed E-state index contributed by atoms with van der Waals surface area (Å²) in [5, 5.41) is 3.11. The molecule has 4 rings (SSSR count). The molecule has 2 aromatic carbocycles. The van der Waals surface area contributed by atoms with Gasteiger partial charge in [0.25, 0.3) is 11.8 Å². The van der Waals surface area contributed by atoms with Gasteiger partial charge in [-0.25, -0.2) is 14.2 Å². The number of fused-ring (bicyclic) bond motifs is 1. The molecule has 0 aliphatic carbocycles. The third-order valence-electron chi connectivity index (χ3n) is 5.26. The Kier molecular flexibility index (Phi) is 6.44. The summed E-state index contributed by atoms with van der Waals surface area (Å²) in [6.07, 6.45) is 2.06. The van der Waals surface area contributed by atoms with Gasteiger partial charge >= 0.3 is 5.97 Å². The monoisotopic (exact) mass is 447 g/mol. The number of hydrogen-bond donors (Lipinski definition) is 1. The quantitative estimate of drug-likeness (QED) is 0.419. The van der Waals surface area contributed by atoms with Crippen LogP contribution in [0.2, 0.25) is 0 Å². The zero-order chi connectivity index (χ0) is 23.4. The van der Waals surface area contributed by atoms with Gasteiger partial charge in [-0.05, 0) is 54.8 Å². The molecule has 3 aromatic rings. The zero-order valence-electron chi connectivity index (χ0n) is 18.0. The molecule has 0 radical (unpaired) electrons. The van der Waals surface area contributed by atoms with Crippen LogP contribution < -0.4 is 5.32 Å². The van der Waals surface area contributed by atoms with Gasteiger partial charge in [-0.1, -0.05) is 24.3 Å². The minimum Gasteiger partial charge on any atom is -0.461 e. The number of hydrogen-bond acceptors (Lipinski definition) is 6. The van der Waals surface area contributed by atoms with E-state index in [1.165, 1.54) is 17.0 Å². The average Bonchev–Trinajstić information content (AvgIpc) is 3.06. The van der Waals surface area contributed by atoms with Crippen molar-refractivity contribution in [3.63, 3.8) is 0 Å². The number of ether oxygens (including phenoxy) is 1. The fraction of sp³-hybridized carbons (Fsp3) is 0.200. The van der Waals surface area contributed by atoms with Crippen molar-refractivity contribution < 1.29 is 23.5 Å². The van der Waals surface area contributed by atoms with Crippen molar-refractivity contribution in [1.29, 1.82) is 0 Å². The van der Waals surface area contributed by atoms with E-state index in [0.717, 1.165) is 11.1 Å². The number of nitrogens with zero attached hydrogens (tertiary/aromatic N) is 2. The van der Waals surface area contributed by atoms with Gasteiger partial charge in [-0.3, -0.25) is 14.5 Å². The number of esters is 1. The molecule has 8 heteroatoms. The third-order valence-corrected chi connectivity index (χ3v) is 5.26. The smallest absolute Gasteiger partial charge is 0.359 e. The number of amides is 2. The predicted octanol–water partition coefficient (Wildman–Crippen LogP) is 3.70. The summed E-state index contributed by atoms with van der Waals surface area (Å²) in [4.78, 5) is 42.9. The maximum Gasteiger partial charge on any atom is 0.359 e. The van der Waals surface area contributed by atoms with Crippen molar-refractivity contribution in [2.45, 2.75) is 13.3 Å². The van der Waals surface area contributed by atoms with E-state index in [4.69, 9.17) is 4.74 Å². The van der Waals surface area contributed by atoms with E-state index in [1.807, 2.05) is 0 Å². The molecule has 2 heterocycles. The van der Waals surface area contributed by atoms with Crippen LogP contribution in [0.3, 0.4) is 0 Å². The van der Waals surface area contributed by atoms with Gasteiger partial charge in [0.1, 0.15) is 5.82 Å². The highest BCUT2D eigenvalue weighted by Gasteiger charge is 2.34. The van der Waals surface area contributed by atoms with Gasteiger partial charge in [0.15, 0.2) is 5.69 Å². The first-order valence-electron chi connectivity index (χ1n) is 10.6. The van der Waals surface area contributed by atoms with E-state index in [9.17, 15) is 18.8 Å². The van der Waals surface area contributed by atoms with Crippen LogP contribution in [0.25, 0.3) is 0 Å². The van der Waals surface area contributed by atoms with Gasteiger partial charge in [0.05, 0.1) is 23.4 Å². The molecule has 0 fully saturated rings. The van der Waals surface area contributed by atoms with Crippen molar-refractivity contribution >= 4 is 23.5 Å². The van der Waals surface area contributed by atoms with Crippen molar-refractivity contribution in [3.8, 4) is 0 Å². The number of nitrogens with one attached hydrogen (secondary N) is 1. The SMILES string of the molecule is CCOC(=O)c1ncc(Cc2ccc(F)cc2)cc1NCCN1C(=O)c2ccccc2C1=O. The first kappa shape index (κ1) is 22.1. The second-order valence-corrected chi connectivity index (χ2v) is 7.50. The molecular weight excluding hydrogens is 425 g/mol. The lowest BCUT2D eigenvalue weighted by Gasteiger charge is -2.16. The van der Waals surface area contributed by atoms with Crippen LogP contribution in [-0.4, -0.2) is 47.4 Å². The number of rotatable bonds is 8. The Morgan fingerprint density at radius 1 is 1.03 bits per heavy atom. The molecule has 2 amide bonds. The van der Waals surface area contributed by atoms with Crippen LogP contribution in [0, 0.1) is 5.82 Å². The Bertz CT molecular complexity index is 1180. The normalized spacial score (nSPS) is 12.6. The highest BCUT2D eigenvalue weighted by Crippen LogP contribution is 2.23. The fourth-order valence-corrected chi connectivity index (χ4v) is 3.68. The van der Waals surface area contributed by atoms with Crippen molar-refractivity contribution in [1.82, 2.24) is 9.88 Å². The Labute approximate surface area is 190 Å². The number of anilines is 1. The molecule has 0 bridgehead atoms. The number of imide groups is 1. The summed E-state index contributed by atoms with van der Waals surface area (Å²) >= 11 is 0. The molecule has 1 aromatic heterocycles. The first-order chi connectivity index (χ1) is 16.0. The van der Waals surface area contributed by atoms with E-state index in [-0.39, 0.29) is 43.0 Å². The molecule has 7 nitrogen and oxygen atoms in total. The van der Waals surface area contributed by atoms with E-state index in [2.05, 4.69) is 10.3 Å². The van der Waals surface area contributed by atoms with Crippen LogP contribution in [-0.2, 0) is 11.2 Å². The lowest BCUT2D eigenvalue weighted by atomic mass is 10.1. The molecule has 1 N–H and O–H groups in total. The Morgan fingerprint density at radius 2 is 1.70 bits per heavy atom. The number of carbonyl (C=O) groups excluding carboxylic acids is 3. The van der Waals surface area contributed by atoms with Gasteiger partial charge in [-0.15, -0.1) is 0 Å². The summed E-state index contributed by atoms with van der Waals surface area (Å²) in [6.45, 7) is 2.25. The summed E-state index contributed by atoms with van der Waals surface area (Å²) in [5.74, 6) is -1.57. The van der Waals surface area contributed by atoms with Crippen molar-refractivity contribution in [2.75, 3.05) is 25.0 Å². The Morgan fingerprint density at radius 3 is 2.33 bits per heavy atom. The number of aromatic nitrogens is 1. The van der Waals surface area contributed by atoms with Gasteiger partial charge in [0, 0.05) is 19.3 Å². The summed E-state index contributed by atoms with van der Waals surface area (Å²) < 4.78 is 18.3. The Hall–Kier alpha value is -4.07. The lowest BCUT2D eigenvalue weighted by Crippen LogP contribution is -2.34. The molecule has 0 saturated heterocycles. The summed E-state index contributed by atoms with van der Waals surface area (Å²) in [6, 6.07) is 14.6. The van der Waals surface area contributed by atoms with Crippen LogP contribution >= 0.6 is 0 Å². The molecule has 0 unspecified atom stereocenters. The summed E-state index contributed by atoms with van der Waals surface area (Å²) in [7, 11) is 0. The van der Waals surface area contributed by atoms with Gasteiger partial charge in [-0.2, -0.15) is 0 Å². The highest BCUT2D eigenvalue weighted by atomic mass is 19.1. The van der Waals surface area contributed by atoms with Crippen LogP contribution in [0.15, 0.2) is 60.8 Å². The van der Waals surface area contributed by atoms with Gasteiger partial charge < -0.3 is 10.1 Å². The average molecular weight is 447 g/mol. The molecule has 1 aliphatic heterocycles. The zero-order valence-corrected chi connectivity index (χ0v) is 18.0.